The minimum atomic E-state index is -3.23. The average Bonchev–Trinajstić information content (AvgIpc) is 2.55. The fourth-order valence-corrected chi connectivity index (χ4v) is 5.14. The number of hydrogen-bond acceptors (Lipinski definition) is 4. The SMILES string of the molecule is O=[N+]([O-])c1ccc([C@H]2CCN[P@](=O)(N(CCCl)CCCl)O2)cc1. The molecule has 0 bridgehead atoms. The van der Waals surface area contributed by atoms with E-state index in [0.29, 0.717) is 37.8 Å². The number of nitrogens with one attached hydrogen (secondary N) is 1. The summed E-state index contributed by atoms with van der Waals surface area (Å²) in [5.74, 6) is 0.627. The highest BCUT2D eigenvalue weighted by Crippen LogP contribution is 2.53. The van der Waals surface area contributed by atoms with E-state index in [1.807, 2.05) is 0 Å². The van der Waals surface area contributed by atoms with E-state index in [9.17, 15) is 14.7 Å². The van der Waals surface area contributed by atoms with Gasteiger partial charge in [-0.3, -0.25) is 19.2 Å². The van der Waals surface area contributed by atoms with Crippen molar-refractivity contribution in [2.75, 3.05) is 31.4 Å². The maximum Gasteiger partial charge on any atom is 0.344 e. The molecule has 0 radical (unpaired) electrons. The molecule has 1 aliphatic rings. The van der Waals surface area contributed by atoms with E-state index in [0.717, 1.165) is 5.56 Å². The lowest BCUT2D eigenvalue weighted by atomic mass is 10.1. The van der Waals surface area contributed by atoms with Crippen molar-refractivity contribution in [2.45, 2.75) is 12.5 Å². The molecule has 0 aliphatic carbocycles. The van der Waals surface area contributed by atoms with Crippen molar-refractivity contribution in [1.82, 2.24) is 9.76 Å². The molecule has 1 aromatic carbocycles. The van der Waals surface area contributed by atoms with Crippen LogP contribution >= 0.6 is 30.9 Å². The fraction of sp³-hybridized carbons (Fsp3) is 0.538. The molecule has 0 amide bonds. The Labute approximate surface area is 144 Å². The standard InChI is InChI=1S/C13H18Cl2N3O4P/c14-6-9-17(10-7-15)23(21)16-8-5-13(22-23)11-1-3-12(4-2-11)18(19)20/h1-4,13H,5-10H2,(H,16,21)/t13-,23-/m1/s1. The monoisotopic (exact) mass is 381 g/mol. The number of nitro groups is 1. The van der Waals surface area contributed by atoms with Crippen LogP contribution in [0.2, 0.25) is 0 Å². The molecule has 23 heavy (non-hydrogen) atoms. The lowest BCUT2D eigenvalue weighted by molar-refractivity contribution is -0.384. The fourth-order valence-electron chi connectivity index (χ4n) is 2.37. The Morgan fingerprint density at radius 3 is 2.43 bits per heavy atom. The summed E-state index contributed by atoms with van der Waals surface area (Å²) in [5.41, 5.74) is 0.769. The number of halogens is 2. The first kappa shape index (κ1) is 18.6. The highest BCUT2D eigenvalue weighted by molar-refractivity contribution is 7.54. The number of non-ortho nitro benzene ring substituents is 1. The molecule has 1 saturated heterocycles. The number of nitrogens with zero attached hydrogens (tertiary/aromatic N) is 2. The first-order chi connectivity index (χ1) is 11.0. The number of rotatable bonds is 7. The Morgan fingerprint density at radius 1 is 1.30 bits per heavy atom. The molecule has 0 aromatic heterocycles. The van der Waals surface area contributed by atoms with Crippen LogP contribution in [0.4, 0.5) is 5.69 Å². The van der Waals surface area contributed by atoms with Crippen LogP contribution in [-0.2, 0) is 9.09 Å². The summed E-state index contributed by atoms with van der Waals surface area (Å²) in [7, 11) is -3.23. The molecule has 1 heterocycles. The van der Waals surface area contributed by atoms with Crippen LogP contribution in [-0.4, -0.2) is 41.0 Å². The molecule has 2 rings (SSSR count). The van der Waals surface area contributed by atoms with E-state index in [2.05, 4.69) is 5.09 Å². The van der Waals surface area contributed by atoms with E-state index in [4.69, 9.17) is 27.7 Å². The number of benzene rings is 1. The van der Waals surface area contributed by atoms with E-state index in [1.165, 1.54) is 12.1 Å². The molecule has 0 unspecified atom stereocenters. The number of hydrogen-bond donors (Lipinski definition) is 1. The molecule has 1 fully saturated rings. The molecule has 0 spiro atoms. The van der Waals surface area contributed by atoms with Crippen molar-refractivity contribution in [2.24, 2.45) is 0 Å². The second kappa shape index (κ2) is 8.42. The van der Waals surface area contributed by atoms with E-state index in [1.54, 1.807) is 16.8 Å². The van der Waals surface area contributed by atoms with Crippen LogP contribution in [0.5, 0.6) is 0 Å². The van der Waals surface area contributed by atoms with Gasteiger partial charge >= 0.3 is 7.67 Å². The zero-order valence-corrected chi connectivity index (χ0v) is 14.8. The van der Waals surface area contributed by atoms with Gasteiger partial charge in [0.2, 0.25) is 0 Å². The maximum absolute atomic E-state index is 13.0. The molecular weight excluding hydrogens is 364 g/mol. The third-order valence-corrected chi connectivity index (χ3v) is 6.17. The molecular formula is C13H18Cl2N3O4P. The van der Waals surface area contributed by atoms with Crippen LogP contribution in [0.1, 0.15) is 18.1 Å². The van der Waals surface area contributed by atoms with Gasteiger partial charge in [-0.15, -0.1) is 23.2 Å². The smallest absolute Gasteiger partial charge is 0.298 e. The van der Waals surface area contributed by atoms with Gasteiger partial charge in [0, 0.05) is 43.5 Å². The Bertz CT molecular complexity index is 581. The topological polar surface area (TPSA) is 84.7 Å². The second-order valence-corrected chi connectivity index (χ2v) is 7.88. The zero-order chi connectivity index (χ0) is 16.9. The van der Waals surface area contributed by atoms with Crippen molar-refractivity contribution in [3.8, 4) is 0 Å². The first-order valence-corrected chi connectivity index (χ1v) is 9.80. The van der Waals surface area contributed by atoms with Gasteiger partial charge < -0.3 is 0 Å². The minimum Gasteiger partial charge on any atom is -0.298 e. The van der Waals surface area contributed by atoms with Crippen molar-refractivity contribution in [3.63, 3.8) is 0 Å². The molecule has 2 atom stereocenters. The van der Waals surface area contributed by atoms with Crippen molar-refractivity contribution >= 4 is 36.6 Å². The molecule has 10 heteroatoms. The Balaban J connectivity index is 2.15. The predicted molar refractivity (Wildman–Crippen MR) is 90.2 cm³/mol. The van der Waals surface area contributed by atoms with E-state index in [-0.39, 0.29) is 5.69 Å². The predicted octanol–water partition coefficient (Wildman–Crippen LogP) is 3.53. The van der Waals surface area contributed by atoms with Gasteiger partial charge in [-0.2, -0.15) is 0 Å². The highest BCUT2D eigenvalue weighted by atomic mass is 35.5. The summed E-state index contributed by atoms with van der Waals surface area (Å²) in [6.45, 7) is 1.30. The quantitative estimate of drug-likeness (QED) is 0.336. The summed E-state index contributed by atoms with van der Waals surface area (Å²) in [5, 5.41) is 13.6. The van der Waals surface area contributed by atoms with Crippen LogP contribution in [0.25, 0.3) is 0 Å². The van der Waals surface area contributed by atoms with E-state index >= 15 is 0 Å². The van der Waals surface area contributed by atoms with Gasteiger partial charge in [0.15, 0.2) is 0 Å². The Kier molecular flexibility index (Phi) is 6.83. The molecule has 128 valence electrons. The maximum atomic E-state index is 13.0. The molecule has 1 N–H and O–H groups in total. The van der Waals surface area contributed by atoms with Gasteiger partial charge in [-0.1, -0.05) is 0 Å². The highest BCUT2D eigenvalue weighted by Gasteiger charge is 2.37. The normalized spacial score (nSPS) is 24.7. The van der Waals surface area contributed by atoms with Gasteiger partial charge in [0.1, 0.15) is 0 Å². The molecule has 7 nitrogen and oxygen atoms in total. The third-order valence-electron chi connectivity index (χ3n) is 3.52. The molecule has 0 saturated carbocycles. The van der Waals surface area contributed by atoms with Gasteiger partial charge in [-0.25, -0.2) is 9.76 Å². The van der Waals surface area contributed by atoms with E-state index < -0.39 is 18.7 Å². The Morgan fingerprint density at radius 2 is 1.91 bits per heavy atom. The zero-order valence-electron chi connectivity index (χ0n) is 12.4. The van der Waals surface area contributed by atoms with Crippen LogP contribution < -0.4 is 5.09 Å². The lowest BCUT2D eigenvalue weighted by Gasteiger charge is -2.37. The minimum absolute atomic E-state index is 0.0109. The van der Waals surface area contributed by atoms with Crippen LogP contribution in [0, 0.1) is 10.1 Å². The van der Waals surface area contributed by atoms with Gasteiger partial charge in [-0.05, 0) is 24.1 Å². The lowest BCUT2D eigenvalue weighted by Crippen LogP contribution is -2.36. The number of alkyl halides is 2. The summed E-state index contributed by atoms with van der Waals surface area (Å²) >= 11 is 11.5. The second-order valence-electron chi connectivity index (χ2n) is 4.99. The molecule has 1 aliphatic heterocycles. The van der Waals surface area contributed by atoms with Gasteiger partial charge in [0.25, 0.3) is 5.69 Å². The summed E-state index contributed by atoms with van der Waals surface area (Å²) in [6.07, 6.45) is 0.230. The average molecular weight is 382 g/mol. The molecule has 1 aromatic rings. The largest absolute Gasteiger partial charge is 0.344 e. The van der Waals surface area contributed by atoms with Crippen molar-refractivity contribution in [1.29, 1.82) is 0 Å². The van der Waals surface area contributed by atoms with Crippen LogP contribution in [0.15, 0.2) is 24.3 Å². The first-order valence-electron chi connectivity index (χ1n) is 7.15. The summed E-state index contributed by atoms with van der Waals surface area (Å²) in [6, 6.07) is 6.10. The number of nitro benzene ring substituents is 1. The Hall–Kier alpha value is -0.690. The van der Waals surface area contributed by atoms with Crippen LogP contribution in [0.3, 0.4) is 0 Å². The summed E-state index contributed by atoms with van der Waals surface area (Å²) in [4.78, 5) is 10.3. The third kappa shape index (κ3) is 4.66. The van der Waals surface area contributed by atoms with Crippen molar-refractivity contribution in [3.05, 3.63) is 39.9 Å². The van der Waals surface area contributed by atoms with Gasteiger partial charge in [0.05, 0.1) is 11.0 Å². The summed E-state index contributed by atoms with van der Waals surface area (Å²) < 4.78 is 20.5. The van der Waals surface area contributed by atoms with Crippen molar-refractivity contribution < 1.29 is 14.0 Å².